The van der Waals surface area contributed by atoms with Crippen LogP contribution in [0.15, 0.2) is 12.3 Å². The molecule has 0 aromatic heterocycles. The van der Waals surface area contributed by atoms with Gasteiger partial charge in [-0.25, -0.2) is 0 Å². The molecule has 1 heterocycles. The molecule has 1 aliphatic rings. The zero-order valence-electron chi connectivity index (χ0n) is 7.65. The maximum absolute atomic E-state index is 9.02. The van der Waals surface area contributed by atoms with Crippen molar-refractivity contribution in [1.82, 2.24) is 5.32 Å². The molecule has 0 aromatic rings. The van der Waals surface area contributed by atoms with E-state index >= 15 is 0 Å². The summed E-state index contributed by atoms with van der Waals surface area (Å²) in [6.45, 7) is 0.944. The standard InChI is InChI=1S/C9H17NO3/c11-7-8(12)5-10-6-9-3-1-2-4-13-9/h2,4,8-12H,1,3,5-7H2. The van der Waals surface area contributed by atoms with E-state index in [1.54, 1.807) is 6.26 Å². The second-order valence-corrected chi connectivity index (χ2v) is 3.20. The summed E-state index contributed by atoms with van der Waals surface area (Å²) < 4.78 is 5.31. The van der Waals surface area contributed by atoms with Crippen LogP contribution in [0.3, 0.4) is 0 Å². The summed E-state index contributed by atoms with van der Waals surface area (Å²) in [5, 5.41) is 20.6. The van der Waals surface area contributed by atoms with Gasteiger partial charge < -0.3 is 20.3 Å². The van der Waals surface area contributed by atoms with Gasteiger partial charge in [0.25, 0.3) is 0 Å². The number of aliphatic hydroxyl groups is 2. The number of rotatable bonds is 5. The van der Waals surface area contributed by atoms with Crippen LogP contribution < -0.4 is 5.32 Å². The second-order valence-electron chi connectivity index (χ2n) is 3.20. The minimum Gasteiger partial charge on any atom is -0.497 e. The summed E-state index contributed by atoms with van der Waals surface area (Å²) in [6, 6.07) is 0. The van der Waals surface area contributed by atoms with E-state index in [1.165, 1.54) is 0 Å². The van der Waals surface area contributed by atoms with E-state index in [0.29, 0.717) is 6.54 Å². The van der Waals surface area contributed by atoms with E-state index in [0.717, 1.165) is 19.4 Å². The molecule has 0 amide bonds. The van der Waals surface area contributed by atoms with E-state index in [-0.39, 0.29) is 12.7 Å². The van der Waals surface area contributed by atoms with E-state index < -0.39 is 6.10 Å². The first-order chi connectivity index (χ1) is 6.33. The molecule has 0 fully saturated rings. The van der Waals surface area contributed by atoms with Crippen molar-refractivity contribution >= 4 is 0 Å². The van der Waals surface area contributed by atoms with Gasteiger partial charge in [0.1, 0.15) is 6.10 Å². The van der Waals surface area contributed by atoms with E-state index in [2.05, 4.69) is 5.32 Å². The third-order valence-corrected chi connectivity index (χ3v) is 1.99. The van der Waals surface area contributed by atoms with Crippen molar-refractivity contribution in [2.45, 2.75) is 25.0 Å². The number of aliphatic hydroxyl groups excluding tert-OH is 2. The lowest BCUT2D eigenvalue weighted by Crippen LogP contribution is -2.35. The Kier molecular flexibility index (Phi) is 4.82. The van der Waals surface area contributed by atoms with Crippen molar-refractivity contribution in [3.63, 3.8) is 0 Å². The Morgan fingerprint density at radius 1 is 1.62 bits per heavy atom. The van der Waals surface area contributed by atoms with Crippen LogP contribution >= 0.6 is 0 Å². The largest absolute Gasteiger partial charge is 0.497 e. The SMILES string of the molecule is OCC(O)CNCC1CCC=CO1. The van der Waals surface area contributed by atoms with Gasteiger partial charge in [0.05, 0.1) is 19.0 Å². The van der Waals surface area contributed by atoms with Crippen LogP contribution in [0.2, 0.25) is 0 Å². The van der Waals surface area contributed by atoms with Crippen LogP contribution in [0.4, 0.5) is 0 Å². The highest BCUT2D eigenvalue weighted by atomic mass is 16.5. The Morgan fingerprint density at radius 2 is 2.46 bits per heavy atom. The minimum absolute atomic E-state index is 0.196. The van der Waals surface area contributed by atoms with Crippen molar-refractivity contribution in [2.75, 3.05) is 19.7 Å². The van der Waals surface area contributed by atoms with Gasteiger partial charge in [0.2, 0.25) is 0 Å². The van der Waals surface area contributed by atoms with Crippen LogP contribution in [0.1, 0.15) is 12.8 Å². The summed E-state index contributed by atoms with van der Waals surface area (Å²) in [4.78, 5) is 0. The fourth-order valence-corrected chi connectivity index (χ4v) is 1.21. The van der Waals surface area contributed by atoms with Crippen molar-refractivity contribution in [3.05, 3.63) is 12.3 Å². The summed E-state index contributed by atoms with van der Waals surface area (Å²) in [7, 11) is 0. The molecule has 0 radical (unpaired) electrons. The monoisotopic (exact) mass is 187 g/mol. The Labute approximate surface area is 78.2 Å². The number of nitrogens with one attached hydrogen (secondary N) is 1. The minimum atomic E-state index is -0.667. The molecule has 1 aliphatic heterocycles. The molecular formula is C9H17NO3. The van der Waals surface area contributed by atoms with Crippen molar-refractivity contribution in [3.8, 4) is 0 Å². The van der Waals surface area contributed by atoms with Gasteiger partial charge in [0.15, 0.2) is 0 Å². The zero-order chi connectivity index (χ0) is 9.52. The molecule has 13 heavy (non-hydrogen) atoms. The normalized spacial score (nSPS) is 24.0. The average Bonchev–Trinajstić information content (AvgIpc) is 2.19. The molecule has 0 aliphatic carbocycles. The first kappa shape index (κ1) is 10.5. The van der Waals surface area contributed by atoms with Crippen molar-refractivity contribution in [2.24, 2.45) is 0 Å². The van der Waals surface area contributed by atoms with Gasteiger partial charge in [-0.15, -0.1) is 0 Å². The number of ether oxygens (including phenoxy) is 1. The summed E-state index contributed by atoms with van der Waals surface area (Å²) >= 11 is 0. The van der Waals surface area contributed by atoms with Gasteiger partial charge in [-0.3, -0.25) is 0 Å². The number of hydrogen-bond donors (Lipinski definition) is 3. The van der Waals surface area contributed by atoms with Gasteiger partial charge >= 0.3 is 0 Å². The lowest BCUT2D eigenvalue weighted by molar-refractivity contribution is 0.0834. The zero-order valence-corrected chi connectivity index (χ0v) is 7.65. The lowest BCUT2D eigenvalue weighted by atomic mass is 10.1. The quantitative estimate of drug-likeness (QED) is 0.549. The third-order valence-electron chi connectivity index (χ3n) is 1.99. The highest BCUT2D eigenvalue weighted by Crippen LogP contribution is 2.08. The number of allylic oxidation sites excluding steroid dienone is 1. The molecule has 0 saturated heterocycles. The van der Waals surface area contributed by atoms with Gasteiger partial charge in [-0.05, 0) is 18.9 Å². The smallest absolute Gasteiger partial charge is 0.110 e. The van der Waals surface area contributed by atoms with Gasteiger partial charge in [0, 0.05) is 13.1 Å². The van der Waals surface area contributed by atoms with Crippen LogP contribution in [0, 0.1) is 0 Å². The van der Waals surface area contributed by atoms with Gasteiger partial charge in [-0.2, -0.15) is 0 Å². The molecule has 0 bridgehead atoms. The fraction of sp³-hybridized carbons (Fsp3) is 0.778. The lowest BCUT2D eigenvalue weighted by Gasteiger charge is -2.20. The second kappa shape index (κ2) is 5.96. The molecule has 0 aromatic carbocycles. The maximum atomic E-state index is 9.02. The predicted octanol–water partition coefficient (Wildman–Crippen LogP) is -0.378. The Morgan fingerprint density at radius 3 is 3.08 bits per heavy atom. The summed E-state index contributed by atoms with van der Waals surface area (Å²) in [5.74, 6) is 0. The fourth-order valence-electron chi connectivity index (χ4n) is 1.21. The molecule has 0 saturated carbocycles. The molecule has 2 unspecified atom stereocenters. The highest BCUT2D eigenvalue weighted by Gasteiger charge is 2.10. The molecule has 3 N–H and O–H groups in total. The predicted molar refractivity (Wildman–Crippen MR) is 49.2 cm³/mol. The van der Waals surface area contributed by atoms with Crippen LogP contribution in [-0.4, -0.2) is 42.1 Å². The van der Waals surface area contributed by atoms with Crippen LogP contribution in [0.5, 0.6) is 0 Å². The Bertz CT molecular complexity index is 161. The molecule has 1 rings (SSSR count). The third kappa shape index (κ3) is 4.26. The first-order valence-electron chi connectivity index (χ1n) is 4.63. The summed E-state index contributed by atoms with van der Waals surface area (Å²) in [6.07, 6.45) is 5.32. The number of hydrogen-bond acceptors (Lipinski definition) is 4. The molecular weight excluding hydrogens is 170 g/mol. The molecule has 0 spiro atoms. The summed E-state index contributed by atoms with van der Waals surface area (Å²) in [5.41, 5.74) is 0. The van der Waals surface area contributed by atoms with Crippen molar-refractivity contribution in [1.29, 1.82) is 0 Å². The molecule has 76 valence electrons. The maximum Gasteiger partial charge on any atom is 0.110 e. The first-order valence-corrected chi connectivity index (χ1v) is 4.63. The van der Waals surface area contributed by atoms with Gasteiger partial charge in [-0.1, -0.05) is 0 Å². The topological polar surface area (TPSA) is 61.7 Å². The Balaban J connectivity index is 2.02. The molecule has 2 atom stereocenters. The van der Waals surface area contributed by atoms with Crippen LogP contribution in [0.25, 0.3) is 0 Å². The van der Waals surface area contributed by atoms with E-state index in [9.17, 15) is 0 Å². The molecule has 4 nitrogen and oxygen atoms in total. The van der Waals surface area contributed by atoms with Crippen molar-refractivity contribution < 1.29 is 14.9 Å². The highest BCUT2D eigenvalue weighted by molar-refractivity contribution is 4.83. The molecule has 4 heteroatoms. The average molecular weight is 187 g/mol. The van der Waals surface area contributed by atoms with E-state index in [4.69, 9.17) is 14.9 Å². The van der Waals surface area contributed by atoms with Crippen LogP contribution in [-0.2, 0) is 4.74 Å². The van der Waals surface area contributed by atoms with E-state index in [1.807, 2.05) is 6.08 Å². The Hall–Kier alpha value is -0.580.